The molecule has 0 atom stereocenters. The Labute approximate surface area is 146 Å². The molecule has 5 nitrogen and oxygen atoms in total. The second kappa shape index (κ2) is 7.68. The number of rotatable bonds is 4. The van der Waals surface area contributed by atoms with Gasteiger partial charge in [0.1, 0.15) is 12.4 Å². The fourth-order valence-corrected chi connectivity index (χ4v) is 3.54. The van der Waals surface area contributed by atoms with E-state index >= 15 is 0 Å². The molecule has 2 heterocycles. The van der Waals surface area contributed by atoms with Crippen LogP contribution in [0.1, 0.15) is 5.56 Å². The number of nitrogens with zero attached hydrogens (tertiary/aromatic N) is 2. The Morgan fingerprint density at radius 3 is 2.71 bits per heavy atom. The number of amidine groups is 1. The van der Waals surface area contributed by atoms with Crippen LogP contribution in [-0.4, -0.2) is 55.8 Å². The maximum Gasteiger partial charge on any atom is 0.286 e. The molecule has 24 heavy (non-hydrogen) atoms. The molecule has 2 aliphatic heterocycles. The van der Waals surface area contributed by atoms with Gasteiger partial charge in [0.15, 0.2) is 5.17 Å². The van der Waals surface area contributed by atoms with E-state index in [9.17, 15) is 4.79 Å². The van der Waals surface area contributed by atoms with Crippen LogP contribution in [0.25, 0.3) is 6.08 Å². The van der Waals surface area contributed by atoms with Crippen LogP contribution in [-0.2, 0) is 4.79 Å². The number of amides is 1. The normalized spacial score (nSPS) is 20.4. The first-order valence-corrected chi connectivity index (χ1v) is 8.90. The third kappa shape index (κ3) is 4.07. The van der Waals surface area contributed by atoms with E-state index in [0.717, 1.165) is 42.7 Å². The van der Waals surface area contributed by atoms with Gasteiger partial charge in [0.2, 0.25) is 0 Å². The number of quaternary nitrogens is 1. The zero-order valence-electron chi connectivity index (χ0n) is 13.8. The lowest BCUT2D eigenvalue weighted by Gasteiger charge is -2.30. The standard InChI is InChI=1S/C18H21N3O2S/c1-3-12-23-15-6-4-14(5-7-15)13-16-17(22)19-18(24-16)21-10-8-20(2)9-11-21/h3-7,13H,1,8-12H2,2H3/p+1/b16-13+. The van der Waals surface area contributed by atoms with Gasteiger partial charge < -0.3 is 14.5 Å². The fraction of sp³-hybridized carbons (Fsp3) is 0.333. The van der Waals surface area contributed by atoms with Crippen molar-refractivity contribution in [2.75, 3.05) is 39.8 Å². The number of hydrogen-bond acceptors (Lipinski definition) is 4. The van der Waals surface area contributed by atoms with Gasteiger partial charge in [-0.3, -0.25) is 4.79 Å². The molecule has 0 aromatic heterocycles. The SMILES string of the molecule is C=CCOc1ccc(/C=C2/SC(N3CC[NH+](C)CC3)=NC2=O)cc1. The lowest BCUT2D eigenvalue weighted by Crippen LogP contribution is -3.12. The van der Waals surface area contributed by atoms with Crippen molar-refractivity contribution in [3.63, 3.8) is 0 Å². The van der Waals surface area contributed by atoms with E-state index in [0.29, 0.717) is 11.5 Å². The van der Waals surface area contributed by atoms with Crippen molar-refractivity contribution in [3.05, 3.63) is 47.4 Å². The van der Waals surface area contributed by atoms with Crippen molar-refractivity contribution >= 4 is 28.9 Å². The Bertz CT molecular complexity index is 674. The van der Waals surface area contributed by atoms with E-state index in [4.69, 9.17) is 4.74 Å². The van der Waals surface area contributed by atoms with Crippen LogP contribution in [0.5, 0.6) is 5.75 Å². The molecule has 0 aliphatic carbocycles. The lowest BCUT2D eigenvalue weighted by atomic mass is 10.2. The first-order chi connectivity index (χ1) is 11.7. The highest BCUT2D eigenvalue weighted by Gasteiger charge is 2.28. The molecule has 1 saturated heterocycles. The summed E-state index contributed by atoms with van der Waals surface area (Å²) in [6, 6.07) is 7.67. The molecule has 3 rings (SSSR count). The van der Waals surface area contributed by atoms with Gasteiger partial charge in [-0.05, 0) is 35.5 Å². The third-order valence-electron chi connectivity index (χ3n) is 4.04. The molecule has 0 spiro atoms. The van der Waals surface area contributed by atoms with Gasteiger partial charge in [-0.2, -0.15) is 4.99 Å². The van der Waals surface area contributed by atoms with E-state index in [1.807, 2.05) is 30.3 Å². The molecule has 1 aromatic rings. The maximum atomic E-state index is 12.2. The summed E-state index contributed by atoms with van der Waals surface area (Å²) in [6.45, 7) is 8.18. The summed E-state index contributed by atoms with van der Waals surface area (Å²) in [4.78, 5) is 20.8. The minimum absolute atomic E-state index is 0.145. The van der Waals surface area contributed by atoms with Gasteiger partial charge >= 0.3 is 0 Å². The summed E-state index contributed by atoms with van der Waals surface area (Å²) in [6.07, 6.45) is 3.60. The largest absolute Gasteiger partial charge is 0.490 e. The smallest absolute Gasteiger partial charge is 0.286 e. The quantitative estimate of drug-likeness (QED) is 0.655. The predicted octanol–water partition coefficient (Wildman–Crippen LogP) is 1.05. The molecule has 1 fully saturated rings. The molecular formula is C18H22N3O2S+. The highest BCUT2D eigenvalue weighted by molar-refractivity contribution is 8.18. The van der Waals surface area contributed by atoms with Crippen molar-refractivity contribution in [1.82, 2.24) is 4.90 Å². The number of carbonyl (C=O) groups excluding carboxylic acids is 1. The Balaban J connectivity index is 1.64. The molecule has 0 bridgehead atoms. The van der Waals surface area contributed by atoms with E-state index < -0.39 is 0 Å². The number of carbonyl (C=O) groups is 1. The fourth-order valence-electron chi connectivity index (χ4n) is 2.58. The topological polar surface area (TPSA) is 46.3 Å². The van der Waals surface area contributed by atoms with Crippen LogP contribution in [0.15, 0.2) is 46.8 Å². The Kier molecular flexibility index (Phi) is 5.37. The Morgan fingerprint density at radius 2 is 2.04 bits per heavy atom. The minimum atomic E-state index is -0.145. The summed E-state index contributed by atoms with van der Waals surface area (Å²) < 4.78 is 5.46. The van der Waals surface area contributed by atoms with Crippen molar-refractivity contribution in [1.29, 1.82) is 0 Å². The number of piperazine rings is 1. The van der Waals surface area contributed by atoms with Gasteiger partial charge in [-0.1, -0.05) is 24.8 Å². The molecule has 0 unspecified atom stereocenters. The lowest BCUT2D eigenvalue weighted by molar-refractivity contribution is -0.883. The molecule has 1 aromatic carbocycles. The van der Waals surface area contributed by atoms with Crippen molar-refractivity contribution in [2.45, 2.75) is 0 Å². The van der Waals surface area contributed by atoms with Gasteiger partial charge in [0, 0.05) is 0 Å². The van der Waals surface area contributed by atoms with Crippen LogP contribution in [0.2, 0.25) is 0 Å². The molecular weight excluding hydrogens is 322 g/mol. The van der Waals surface area contributed by atoms with Crippen LogP contribution >= 0.6 is 11.8 Å². The zero-order chi connectivity index (χ0) is 16.9. The van der Waals surface area contributed by atoms with Crippen molar-refractivity contribution < 1.29 is 14.4 Å². The van der Waals surface area contributed by atoms with Crippen molar-refractivity contribution in [3.8, 4) is 5.75 Å². The highest BCUT2D eigenvalue weighted by Crippen LogP contribution is 2.30. The molecule has 2 aliphatic rings. The molecule has 6 heteroatoms. The molecule has 0 radical (unpaired) electrons. The molecule has 1 amide bonds. The number of likely N-dealkylation sites (N-methyl/N-ethyl adjacent to an activating group) is 1. The summed E-state index contributed by atoms with van der Waals surface area (Å²) >= 11 is 1.47. The number of aliphatic imine (C=N–C) groups is 1. The maximum absolute atomic E-state index is 12.2. The van der Waals surface area contributed by atoms with Crippen molar-refractivity contribution in [2.24, 2.45) is 4.99 Å². The average Bonchev–Trinajstić information content (AvgIpc) is 2.95. The second-order valence-electron chi connectivity index (χ2n) is 5.92. The Hall–Kier alpha value is -2.05. The van der Waals surface area contributed by atoms with Crippen LogP contribution in [0.4, 0.5) is 0 Å². The van der Waals surface area contributed by atoms with Gasteiger partial charge in [-0.15, -0.1) is 0 Å². The number of benzene rings is 1. The number of ether oxygens (including phenoxy) is 1. The number of thioether (sulfide) groups is 1. The predicted molar refractivity (Wildman–Crippen MR) is 98.3 cm³/mol. The average molecular weight is 344 g/mol. The van der Waals surface area contributed by atoms with Crippen LogP contribution < -0.4 is 9.64 Å². The summed E-state index contributed by atoms with van der Waals surface area (Å²) in [7, 11) is 2.19. The van der Waals surface area contributed by atoms with Gasteiger partial charge in [-0.25, -0.2) is 0 Å². The van der Waals surface area contributed by atoms with Gasteiger partial charge in [0.25, 0.3) is 5.91 Å². The van der Waals surface area contributed by atoms with E-state index in [2.05, 4.69) is 23.5 Å². The number of hydrogen-bond donors (Lipinski definition) is 1. The van der Waals surface area contributed by atoms with Gasteiger partial charge in [0.05, 0.1) is 38.1 Å². The molecule has 126 valence electrons. The number of nitrogens with one attached hydrogen (secondary N) is 1. The Morgan fingerprint density at radius 1 is 1.33 bits per heavy atom. The van der Waals surface area contributed by atoms with E-state index in [1.165, 1.54) is 16.7 Å². The van der Waals surface area contributed by atoms with E-state index in [-0.39, 0.29) is 5.91 Å². The van der Waals surface area contributed by atoms with E-state index in [1.54, 1.807) is 6.08 Å². The van der Waals surface area contributed by atoms with Crippen LogP contribution in [0.3, 0.4) is 0 Å². The first kappa shape index (κ1) is 16.8. The monoisotopic (exact) mass is 344 g/mol. The summed E-state index contributed by atoms with van der Waals surface area (Å²) in [5.74, 6) is 0.646. The third-order valence-corrected chi connectivity index (χ3v) is 5.09. The first-order valence-electron chi connectivity index (χ1n) is 8.08. The summed E-state index contributed by atoms with van der Waals surface area (Å²) in [5.41, 5.74) is 0.969. The molecule has 1 N–H and O–H groups in total. The molecule has 0 saturated carbocycles. The second-order valence-corrected chi connectivity index (χ2v) is 6.93. The summed E-state index contributed by atoms with van der Waals surface area (Å²) in [5, 5.41) is 0.838. The minimum Gasteiger partial charge on any atom is -0.490 e. The zero-order valence-corrected chi connectivity index (χ0v) is 14.6. The highest BCUT2D eigenvalue weighted by atomic mass is 32.2. The van der Waals surface area contributed by atoms with Crippen LogP contribution in [0, 0.1) is 0 Å².